The minimum Gasteiger partial charge on any atom is -0.346 e. The van der Waals surface area contributed by atoms with Gasteiger partial charge in [0.2, 0.25) is 11.8 Å². The minimum absolute atomic E-state index is 0.0509. The van der Waals surface area contributed by atoms with E-state index >= 15 is 0 Å². The number of hydrogen-bond acceptors (Lipinski definition) is 4. The molecule has 0 radical (unpaired) electrons. The zero-order valence-electron chi connectivity index (χ0n) is 21.6. The molecular formula is C28H36F2N4O3. The van der Waals surface area contributed by atoms with Gasteiger partial charge in [0.1, 0.15) is 17.5 Å². The quantitative estimate of drug-likeness (QED) is 0.447. The predicted octanol–water partition coefficient (Wildman–Crippen LogP) is 4.88. The molecular weight excluding hydrogens is 478 g/mol. The molecule has 0 unspecified atom stereocenters. The average Bonchev–Trinajstić information content (AvgIpc) is 3.56. The van der Waals surface area contributed by atoms with E-state index in [2.05, 4.69) is 15.3 Å². The lowest BCUT2D eigenvalue weighted by Gasteiger charge is -2.34. The maximum Gasteiger partial charge on any atom is 0.225 e. The lowest BCUT2D eigenvalue weighted by atomic mass is 9.96. The van der Waals surface area contributed by atoms with Gasteiger partial charge in [0.25, 0.3) is 0 Å². The topological polar surface area (TPSA) is 95.2 Å². The number of H-pyrrole nitrogens is 1. The molecule has 1 saturated carbocycles. The largest absolute Gasteiger partial charge is 0.346 e. The van der Waals surface area contributed by atoms with Crippen molar-refractivity contribution in [3.63, 3.8) is 0 Å². The highest BCUT2D eigenvalue weighted by Gasteiger charge is 2.31. The van der Waals surface area contributed by atoms with Crippen molar-refractivity contribution < 1.29 is 23.2 Å². The number of nitrogens with one attached hydrogen (secondary N) is 2. The van der Waals surface area contributed by atoms with Gasteiger partial charge in [-0.05, 0) is 50.7 Å². The molecule has 37 heavy (non-hydrogen) atoms. The van der Waals surface area contributed by atoms with E-state index in [1.165, 1.54) is 18.3 Å². The summed E-state index contributed by atoms with van der Waals surface area (Å²) in [6.45, 7) is 4.49. The Morgan fingerprint density at radius 1 is 1.16 bits per heavy atom. The summed E-state index contributed by atoms with van der Waals surface area (Å²) in [5, 5.41) is 2.83. The number of likely N-dealkylation sites (tertiary alicyclic amines) is 1. The molecule has 2 N–H and O–H groups in total. The van der Waals surface area contributed by atoms with Crippen LogP contribution in [0.25, 0.3) is 11.3 Å². The van der Waals surface area contributed by atoms with Crippen molar-refractivity contribution in [2.24, 2.45) is 5.92 Å². The third-order valence-corrected chi connectivity index (χ3v) is 7.49. The molecule has 3 atom stereocenters. The summed E-state index contributed by atoms with van der Waals surface area (Å²) in [4.78, 5) is 48.2. The Morgan fingerprint density at radius 2 is 1.95 bits per heavy atom. The molecule has 1 aliphatic heterocycles. The molecule has 7 nitrogen and oxygen atoms in total. The molecule has 2 heterocycles. The molecule has 200 valence electrons. The highest BCUT2D eigenvalue weighted by atomic mass is 19.1. The maximum absolute atomic E-state index is 14.2. The first kappa shape index (κ1) is 26.9. The van der Waals surface area contributed by atoms with Crippen molar-refractivity contribution in [3.05, 3.63) is 41.9 Å². The fourth-order valence-electron chi connectivity index (χ4n) is 4.99. The highest BCUT2D eigenvalue weighted by Crippen LogP contribution is 2.33. The zero-order valence-corrected chi connectivity index (χ0v) is 21.6. The number of rotatable bonds is 11. The van der Waals surface area contributed by atoms with Gasteiger partial charge in [-0.25, -0.2) is 13.8 Å². The maximum atomic E-state index is 14.2. The number of imidazole rings is 1. The number of ketones is 1. The molecule has 2 aromatic rings. The number of nitrogens with zero attached hydrogens (tertiary/aromatic N) is 2. The molecule has 0 spiro atoms. The number of Topliss-reactive ketones (excluding diaryl/α,β-unsaturated/α-hetero) is 1. The van der Waals surface area contributed by atoms with Crippen LogP contribution in [0.5, 0.6) is 0 Å². The van der Waals surface area contributed by atoms with Gasteiger partial charge in [-0.1, -0.05) is 19.8 Å². The molecule has 1 aromatic heterocycles. The van der Waals surface area contributed by atoms with Crippen molar-refractivity contribution >= 4 is 17.6 Å². The Balaban J connectivity index is 1.42. The summed E-state index contributed by atoms with van der Waals surface area (Å²) in [6.07, 6.45) is 7.83. The number of aromatic amines is 1. The van der Waals surface area contributed by atoms with Crippen molar-refractivity contribution in [1.82, 2.24) is 20.2 Å². The molecule has 9 heteroatoms. The second kappa shape index (κ2) is 12.0. The monoisotopic (exact) mass is 514 g/mol. The number of hydrogen-bond donors (Lipinski definition) is 2. The molecule has 1 saturated heterocycles. The van der Waals surface area contributed by atoms with Crippen molar-refractivity contribution in [3.8, 4) is 11.3 Å². The third-order valence-electron chi connectivity index (χ3n) is 7.49. The van der Waals surface area contributed by atoms with E-state index in [0.29, 0.717) is 30.4 Å². The van der Waals surface area contributed by atoms with E-state index in [4.69, 9.17) is 0 Å². The summed E-state index contributed by atoms with van der Waals surface area (Å²) < 4.78 is 27.5. The number of halogens is 2. The fraction of sp³-hybridized carbons (Fsp3) is 0.571. The third kappa shape index (κ3) is 7.23. The SMILES string of the molecule is C[C@H](CC(=O)[C@H](CC(=O)N1CCCC[C@@H]1C)NC(=O)CCC1CC1)c1ncc(-c2ccc(F)cc2F)[nH]1. The average molecular weight is 515 g/mol. The second-order valence-electron chi connectivity index (χ2n) is 10.6. The van der Waals surface area contributed by atoms with Crippen LogP contribution in [0.2, 0.25) is 0 Å². The lowest BCUT2D eigenvalue weighted by Crippen LogP contribution is -2.48. The summed E-state index contributed by atoms with van der Waals surface area (Å²) in [6, 6.07) is 2.52. The Morgan fingerprint density at radius 3 is 2.65 bits per heavy atom. The van der Waals surface area contributed by atoms with Crippen molar-refractivity contribution in [1.29, 1.82) is 0 Å². The van der Waals surface area contributed by atoms with E-state index in [0.717, 1.165) is 44.6 Å². The molecule has 4 rings (SSSR count). The van der Waals surface area contributed by atoms with Gasteiger partial charge in [0, 0.05) is 43.0 Å². The Labute approximate surface area is 216 Å². The number of aromatic nitrogens is 2. The van der Waals surface area contributed by atoms with Crippen molar-refractivity contribution in [2.75, 3.05) is 6.54 Å². The first-order valence-electron chi connectivity index (χ1n) is 13.3. The van der Waals surface area contributed by atoms with Crippen molar-refractivity contribution in [2.45, 2.75) is 89.6 Å². The lowest BCUT2D eigenvalue weighted by molar-refractivity contribution is -0.138. The number of carbonyl (C=O) groups excluding carboxylic acids is 3. The summed E-state index contributed by atoms with van der Waals surface area (Å²) in [7, 11) is 0. The standard InChI is InChI=1S/C28H36F2N4O3/c1-17(28-31-16-24(33-28)21-10-9-20(29)14-22(21)30)13-25(35)23(32-26(36)11-8-19-6-7-19)15-27(37)34-12-4-3-5-18(34)2/h9-10,14,16-19,23H,3-8,11-13,15H2,1-2H3,(H,31,33)(H,32,36)/t17-,18+,23+/m1/s1. The van der Waals surface area contributed by atoms with Crippen LogP contribution in [-0.2, 0) is 14.4 Å². The van der Waals surface area contributed by atoms with Crippen LogP contribution in [-0.4, -0.2) is 51.1 Å². The van der Waals surface area contributed by atoms with Gasteiger partial charge in [-0.2, -0.15) is 0 Å². The van der Waals surface area contributed by atoms with Crippen LogP contribution in [0.3, 0.4) is 0 Å². The van der Waals surface area contributed by atoms with E-state index < -0.39 is 17.7 Å². The van der Waals surface area contributed by atoms with Gasteiger partial charge in [-0.3, -0.25) is 14.4 Å². The highest BCUT2D eigenvalue weighted by molar-refractivity contribution is 5.93. The summed E-state index contributed by atoms with van der Waals surface area (Å²) in [5.74, 6) is -1.23. The van der Waals surface area contributed by atoms with Crippen LogP contribution in [0.1, 0.15) is 83.4 Å². The number of piperidine rings is 1. The first-order valence-corrected chi connectivity index (χ1v) is 13.3. The Bertz CT molecular complexity index is 1130. The number of benzene rings is 1. The van der Waals surface area contributed by atoms with Gasteiger partial charge < -0.3 is 15.2 Å². The van der Waals surface area contributed by atoms with E-state index in [-0.39, 0.29) is 48.0 Å². The number of carbonyl (C=O) groups is 3. The molecule has 1 aliphatic carbocycles. The van der Waals surface area contributed by atoms with Crippen LogP contribution in [0, 0.1) is 17.6 Å². The van der Waals surface area contributed by atoms with Gasteiger partial charge >= 0.3 is 0 Å². The zero-order chi connectivity index (χ0) is 26.5. The predicted molar refractivity (Wildman–Crippen MR) is 136 cm³/mol. The van der Waals surface area contributed by atoms with Crippen LogP contribution in [0.4, 0.5) is 8.78 Å². The van der Waals surface area contributed by atoms with E-state index in [1.54, 1.807) is 0 Å². The molecule has 2 fully saturated rings. The van der Waals surface area contributed by atoms with Gasteiger partial charge in [0.15, 0.2) is 5.78 Å². The Kier molecular flexibility index (Phi) is 8.71. The van der Waals surface area contributed by atoms with Gasteiger partial charge in [-0.15, -0.1) is 0 Å². The second-order valence-corrected chi connectivity index (χ2v) is 10.6. The van der Waals surface area contributed by atoms with Crippen LogP contribution < -0.4 is 5.32 Å². The summed E-state index contributed by atoms with van der Waals surface area (Å²) >= 11 is 0. The normalized spacial score (nSPS) is 19.4. The van der Waals surface area contributed by atoms with Crippen LogP contribution >= 0.6 is 0 Å². The fourth-order valence-corrected chi connectivity index (χ4v) is 4.99. The molecule has 0 bridgehead atoms. The molecule has 2 amide bonds. The minimum atomic E-state index is -0.903. The van der Waals surface area contributed by atoms with Gasteiger partial charge in [0.05, 0.1) is 24.4 Å². The smallest absolute Gasteiger partial charge is 0.225 e. The first-order chi connectivity index (χ1) is 17.7. The molecule has 2 aliphatic rings. The Hall–Kier alpha value is -3.10. The molecule has 1 aromatic carbocycles. The van der Waals surface area contributed by atoms with E-state index in [1.807, 2.05) is 18.7 Å². The van der Waals surface area contributed by atoms with E-state index in [9.17, 15) is 23.2 Å². The summed E-state index contributed by atoms with van der Waals surface area (Å²) in [5.41, 5.74) is 0.562. The van der Waals surface area contributed by atoms with Crippen LogP contribution in [0.15, 0.2) is 24.4 Å². The number of amides is 2.